The van der Waals surface area contributed by atoms with E-state index in [0.29, 0.717) is 32.1 Å². The Morgan fingerprint density at radius 2 is 1.94 bits per heavy atom. The highest BCUT2D eigenvalue weighted by Crippen LogP contribution is 2.27. The Labute approximate surface area is 190 Å². The number of pyridine rings is 1. The van der Waals surface area contributed by atoms with E-state index >= 15 is 0 Å². The highest BCUT2D eigenvalue weighted by atomic mass is 19.1. The fraction of sp³-hybridized carbons (Fsp3) is 0.273. The maximum Gasteiger partial charge on any atom is 0.252 e. The van der Waals surface area contributed by atoms with Crippen LogP contribution < -0.4 is 20.4 Å². The lowest BCUT2D eigenvalue weighted by atomic mass is 10.2. The topological polar surface area (TPSA) is 111 Å². The van der Waals surface area contributed by atoms with Gasteiger partial charge in [-0.25, -0.2) is 19.4 Å². The van der Waals surface area contributed by atoms with Crippen molar-refractivity contribution in [2.24, 2.45) is 4.99 Å². The molecule has 1 aliphatic rings. The van der Waals surface area contributed by atoms with Crippen molar-refractivity contribution in [1.82, 2.24) is 15.0 Å². The number of aromatic hydroxyl groups is 1. The number of halogens is 1. The zero-order valence-corrected chi connectivity index (χ0v) is 18.4. The van der Waals surface area contributed by atoms with Gasteiger partial charge in [-0.05, 0) is 18.2 Å². The summed E-state index contributed by atoms with van der Waals surface area (Å²) in [5.41, 5.74) is 2.37. The molecule has 1 fully saturated rings. The van der Waals surface area contributed by atoms with Crippen molar-refractivity contribution in [3.63, 3.8) is 0 Å². The van der Waals surface area contributed by atoms with Gasteiger partial charge < -0.3 is 30.3 Å². The molecule has 0 atom stereocenters. The van der Waals surface area contributed by atoms with E-state index in [-0.39, 0.29) is 17.5 Å². The molecule has 0 saturated carbocycles. The van der Waals surface area contributed by atoms with Crippen molar-refractivity contribution in [2.45, 2.75) is 0 Å². The first-order chi connectivity index (χ1) is 16.0. The summed E-state index contributed by atoms with van der Waals surface area (Å²) < 4.78 is 19.4. The van der Waals surface area contributed by atoms with Gasteiger partial charge in [-0.2, -0.15) is 4.98 Å². The van der Waals surface area contributed by atoms with Crippen molar-refractivity contribution >= 4 is 41.0 Å². The zero-order valence-electron chi connectivity index (χ0n) is 18.4. The molecule has 0 amide bonds. The number of ether oxygens (including phenoxy) is 1. The van der Waals surface area contributed by atoms with Crippen molar-refractivity contribution < 1.29 is 14.2 Å². The first-order valence-corrected chi connectivity index (χ1v) is 10.4. The molecular formula is C22H25FN8O2. The fourth-order valence-electron chi connectivity index (χ4n) is 3.21. The standard InChI is InChI=1S/C22H25FN8O2/c1-30(2)17-9-16(10-18(32)11-17)28-15-3-4-20(24-12-15)26-14-27-22-25-13-19(23)21(29-22)31-5-7-33-8-6-31/h3-4,9-14,28,32H,5-8H2,1-2H3,(H,24,25,26,27,29). The lowest BCUT2D eigenvalue weighted by Crippen LogP contribution is -2.37. The highest BCUT2D eigenvalue weighted by molar-refractivity contribution is 5.76. The van der Waals surface area contributed by atoms with E-state index in [1.165, 1.54) is 6.34 Å². The largest absolute Gasteiger partial charge is 0.508 e. The van der Waals surface area contributed by atoms with E-state index in [1.54, 1.807) is 24.4 Å². The highest BCUT2D eigenvalue weighted by Gasteiger charge is 2.17. The van der Waals surface area contributed by atoms with Crippen LogP contribution in [0.1, 0.15) is 0 Å². The first-order valence-electron chi connectivity index (χ1n) is 10.4. The molecule has 1 aromatic carbocycles. The molecule has 0 spiro atoms. The van der Waals surface area contributed by atoms with Crippen LogP contribution in [-0.4, -0.2) is 66.8 Å². The number of hydrogen-bond donors (Lipinski definition) is 3. The van der Waals surface area contributed by atoms with Crippen molar-refractivity contribution in [2.75, 3.05) is 60.8 Å². The fourth-order valence-corrected chi connectivity index (χ4v) is 3.21. The number of aliphatic imine (C=N–C) groups is 1. The number of nitrogens with zero attached hydrogens (tertiary/aromatic N) is 6. The van der Waals surface area contributed by atoms with Gasteiger partial charge in [0.25, 0.3) is 5.95 Å². The van der Waals surface area contributed by atoms with Crippen LogP contribution in [0.25, 0.3) is 0 Å². The first kappa shape index (κ1) is 22.2. The zero-order chi connectivity index (χ0) is 23.2. The number of phenols is 1. The molecule has 0 unspecified atom stereocenters. The minimum absolute atomic E-state index is 0.143. The van der Waals surface area contributed by atoms with Gasteiger partial charge in [0.1, 0.15) is 11.6 Å². The van der Waals surface area contributed by atoms with E-state index < -0.39 is 5.82 Å². The summed E-state index contributed by atoms with van der Waals surface area (Å²) in [6.45, 7) is 2.20. The molecule has 0 bridgehead atoms. The van der Waals surface area contributed by atoms with E-state index in [2.05, 4.69) is 30.6 Å². The van der Waals surface area contributed by atoms with Gasteiger partial charge in [-0.1, -0.05) is 0 Å². The van der Waals surface area contributed by atoms with Crippen LogP contribution in [0.15, 0.2) is 47.7 Å². The quantitative estimate of drug-likeness (QED) is 0.368. The number of nitrogens with one attached hydrogen (secondary N) is 2. The molecule has 3 N–H and O–H groups in total. The SMILES string of the molecule is CN(C)c1cc(O)cc(Nc2ccc(N/C=N/c3ncc(F)c(N4CCOCC4)n3)nc2)c1. The molecule has 3 aromatic rings. The average Bonchev–Trinajstić information content (AvgIpc) is 2.81. The third-order valence-corrected chi connectivity index (χ3v) is 4.89. The summed E-state index contributed by atoms with van der Waals surface area (Å²) in [7, 11) is 3.81. The molecule has 33 heavy (non-hydrogen) atoms. The second-order valence-electron chi connectivity index (χ2n) is 7.53. The number of phenolic OH excluding ortho intramolecular Hbond substituents is 1. The Balaban J connectivity index is 1.38. The maximum atomic E-state index is 14.1. The van der Waals surface area contributed by atoms with E-state index in [9.17, 15) is 9.50 Å². The molecule has 4 rings (SSSR count). The van der Waals surface area contributed by atoms with Gasteiger partial charge in [0.2, 0.25) is 0 Å². The lowest BCUT2D eigenvalue weighted by molar-refractivity contribution is 0.122. The van der Waals surface area contributed by atoms with Gasteiger partial charge in [-0.3, -0.25) is 0 Å². The summed E-state index contributed by atoms with van der Waals surface area (Å²) in [6.07, 6.45) is 4.18. The number of rotatable bonds is 7. The van der Waals surface area contributed by atoms with Crippen LogP contribution in [0.5, 0.6) is 5.75 Å². The third-order valence-electron chi connectivity index (χ3n) is 4.89. The Bertz CT molecular complexity index is 1120. The molecule has 11 heteroatoms. The van der Waals surface area contributed by atoms with E-state index in [0.717, 1.165) is 23.3 Å². The number of aromatic nitrogens is 3. The summed E-state index contributed by atoms with van der Waals surface area (Å²) in [6, 6.07) is 8.86. The summed E-state index contributed by atoms with van der Waals surface area (Å²) in [5, 5.41) is 16.1. The van der Waals surface area contributed by atoms with Gasteiger partial charge in [0, 0.05) is 50.7 Å². The smallest absolute Gasteiger partial charge is 0.252 e. The van der Waals surface area contributed by atoms with E-state index in [4.69, 9.17) is 4.74 Å². The van der Waals surface area contributed by atoms with Crippen LogP contribution in [0, 0.1) is 5.82 Å². The molecule has 1 saturated heterocycles. The monoisotopic (exact) mass is 452 g/mol. The number of anilines is 5. The average molecular weight is 452 g/mol. The number of morpholine rings is 1. The molecule has 0 radical (unpaired) electrons. The van der Waals surface area contributed by atoms with Crippen LogP contribution in [0.4, 0.5) is 39.0 Å². The van der Waals surface area contributed by atoms with Crippen LogP contribution >= 0.6 is 0 Å². The summed E-state index contributed by atoms with van der Waals surface area (Å²) in [4.78, 5) is 20.3. The van der Waals surface area contributed by atoms with Crippen LogP contribution in [0.3, 0.4) is 0 Å². The Hall–Kier alpha value is -3.99. The minimum atomic E-state index is -0.488. The van der Waals surface area contributed by atoms with Gasteiger partial charge in [0.05, 0.1) is 37.6 Å². The third kappa shape index (κ3) is 5.83. The molecule has 2 aromatic heterocycles. The second-order valence-corrected chi connectivity index (χ2v) is 7.53. The Kier molecular flexibility index (Phi) is 6.79. The molecule has 10 nitrogen and oxygen atoms in total. The van der Waals surface area contributed by atoms with Crippen molar-refractivity contribution in [3.05, 3.63) is 48.5 Å². The molecule has 1 aliphatic heterocycles. The molecule has 172 valence electrons. The van der Waals surface area contributed by atoms with Crippen LogP contribution in [-0.2, 0) is 4.74 Å². The minimum Gasteiger partial charge on any atom is -0.508 e. The predicted octanol–water partition coefficient (Wildman–Crippen LogP) is 3.13. The number of benzene rings is 1. The molecular weight excluding hydrogens is 427 g/mol. The van der Waals surface area contributed by atoms with E-state index in [1.807, 2.05) is 36.0 Å². The van der Waals surface area contributed by atoms with Crippen molar-refractivity contribution in [1.29, 1.82) is 0 Å². The second kappa shape index (κ2) is 10.1. The predicted molar refractivity (Wildman–Crippen MR) is 127 cm³/mol. The van der Waals surface area contributed by atoms with Gasteiger partial charge in [-0.15, -0.1) is 0 Å². The summed E-state index contributed by atoms with van der Waals surface area (Å²) >= 11 is 0. The van der Waals surface area contributed by atoms with Gasteiger partial charge >= 0.3 is 0 Å². The Morgan fingerprint density at radius 1 is 1.12 bits per heavy atom. The van der Waals surface area contributed by atoms with Gasteiger partial charge in [0.15, 0.2) is 11.6 Å². The molecule has 3 heterocycles. The van der Waals surface area contributed by atoms with Crippen LogP contribution in [0.2, 0.25) is 0 Å². The Morgan fingerprint density at radius 3 is 2.67 bits per heavy atom. The molecule has 0 aliphatic carbocycles. The maximum absolute atomic E-state index is 14.1. The normalized spacial score (nSPS) is 13.8. The summed E-state index contributed by atoms with van der Waals surface area (Å²) in [5.74, 6) is 0.608. The lowest BCUT2D eigenvalue weighted by Gasteiger charge is -2.27. The number of hydrogen-bond acceptors (Lipinski definition) is 9. The van der Waals surface area contributed by atoms with Crippen molar-refractivity contribution in [3.8, 4) is 5.75 Å².